The summed E-state index contributed by atoms with van der Waals surface area (Å²) in [6.45, 7) is 12.4. The van der Waals surface area contributed by atoms with E-state index in [-0.39, 0.29) is 0 Å². The van der Waals surface area contributed by atoms with Gasteiger partial charge in [0.2, 0.25) is 0 Å². The van der Waals surface area contributed by atoms with Gasteiger partial charge in [-0.05, 0) is 41.5 Å². The zero-order valence-electron chi connectivity index (χ0n) is 15.0. The third-order valence-electron chi connectivity index (χ3n) is 2.28. The van der Waals surface area contributed by atoms with Crippen molar-refractivity contribution in [2.45, 2.75) is 52.7 Å². The van der Waals surface area contributed by atoms with Crippen LogP contribution in [0, 0.1) is 12.5 Å². The predicted octanol–water partition coefficient (Wildman–Crippen LogP) is 1.93. The van der Waals surface area contributed by atoms with Gasteiger partial charge in [-0.25, -0.2) is 9.59 Å². The molecule has 0 atom stereocenters. The van der Waals surface area contributed by atoms with Crippen molar-refractivity contribution in [1.29, 1.82) is 0 Å². The Hall–Kier alpha value is -2.10. The molecule has 0 aromatic heterocycles. The van der Waals surface area contributed by atoms with E-state index in [1.54, 1.807) is 46.4 Å². The molecule has 7 heteroatoms. The van der Waals surface area contributed by atoms with Crippen molar-refractivity contribution < 1.29 is 19.1 Å². The molecule has 0 aliphatic rings. The minimum Gasteiger partial charge on any atom is -0.444 e. The lowest BCUT2D eigenvalue weighted by Gasteiger charge is -2.22. The van der Waals surface area contributed by atoms with E-state index in [1.165, 1.54) is 0 Å². The molecule has 0 aliphatic carbocycles. The number of carbonyl (C=O) groups excluding carboxylic acids is 2. The second kappa shape index (κ2) is 9.13. The summed E-state index contributed by atoms with van der Waals surface area (Å²) in [4.78, 5) is 24.6. The van der Waals surface area contributed by atoms with Crippen LogP contribution in [-0.4, -0.2) is 54.5 Å². The lowest BCUT2D eigenvalue weighted by atomic mass is 10.2. The number of amides is 2. The van der Waals surface area contributed by atoms with Crippen molar-refractivity contribution in [3.63, 3.8) is 0 Å². The minimum absolute atomic E-state index is 0.353. The number of alkyl carbamates (subject to hydrolysis) is 2. The zero-order chi connectivity index (χ0) is 18.1. The average Bonchev–Trinajstić information content (AvgIpc) is 2.32. The zero-order valence-corrected chi connectivity index (χ0v) is 15.0. The second-order valence-electron chi connectivity index (χ2n) is 6.97. The molecule has 0 unspecified atom stereocenters. The van der Waals surface area contributed by atoms with Gasteiger partial charge in [0.05, 0.1) is 0 Å². The van der Waals surface area contributed by atoms with Gasteiger partial charge in [0, 0.05) is 32.2 Å². The van der Waals surface area contributed by atoms with Crippen LogP contribution in [0.1, 0.15) is 41.5 Å². The van der Waals surface area contributed by atoms with E-state index < -0.39 is 23.4 Å². The maximum atomic E-state index is 11.5. The fourth-order valence-corrected chi connectivity index (χ4v) is 1.46. The second-order valence-corrected chi connectivity index (χ2v) is 6.97. The highest BCUT2D eigenvalue weighted by molar-refractivity contribution is 5.68. The van der Waals surface area contributed by atoms with Crippen molar-refractivity contribution in [3.05, 3.63) is 0 Å². The van der Waals surface area contributed by atoms with Gasteiger partial charge in [-0.15, -0.1) is 0 Å². The Morgan fingerprint density at radius 3 is 1.52 bits per heavy atom. The number of terminal acetylenes is 1. The van der Waals surface area contributed by atoms with Crippen LogP contribution in [0.5, 0.6) is 0 Å². The normalized spacial score (nSPS) is 11.2. The van der Waals surface area contributed by atoms with Crippen LogP contribution < -0.4 is 10.6 Å². The Morgan fingerprint density at radius 1 is 0.913 bits per heavy atom. The fourth-order valence-electron chi connectivity index (χ4n) is 1.46. The molecule has 0 saturated heterocycles. The molecule has 0 rings (SSSR count). The summed E-state index contributed by atoms with van der Waals surface area (Å²) < 4.78 is 10.2. The highest BCUT2D eigenvalue weighted by Gasteiger charge is 2.16. The van der Waals surface area contributed by atoms with Gasteiger partial charge in [-0.3, -0.25) is 0 Å². The standard InChI is InChI=1S/C16H29N3O4/c1-8-19(11-9-17-13(20)22-15(2,3)4)12-10-18-14(21)23-16(5,6)7/h1H,9-12H2,2-7H3,(H,17,20)(H,18,21). The predicted molar refractivity (Wildman–Crippen MR) is 88.9 cm³/mol. The number of carbonyl (C=O) groups is 2. The molecular weight excluding hydrogens is 298 g/mol. The molecule has 23 heavy (non-hydrogen) atoms. The van der Waals surface area contributed by atoms with Gasteiger partial charge >= 0.3 is 12.2 Å². The average molecular weight is 327 g/mol. The van der Waals surface area contributed by atoms with Gasteiger partial charge in [0.15, 0.2) is 0 Å². The van der Waals surface area contributed by atoms with Crippen LogP contribution in [0.2, 0.25) is 0 Å². The smallest absolute Gasteiger partial charge is 0.407 e. The molecule has 0 fully saturated rings. The van der Waals surface area contributed by atoms with Crippen molar-refractivity contribution >= 4 is 12.2 Å². The Labute approximate surface area is 139 Å². The van der Waals surface area contributed by atoms with Gasteiger partial charge in [-0.1, -0.05) is 6.42 Å². The molecule has 7 nitrogen and oxygen atoms in total. The molecule has 0 aliphatic heterocycles. The Bertz CT molecular complexity index is 396. The van der Waals surface area contributed by atoms with Crippen molar-refractivity contribution in [3.8, 4) is 12.5 Å². The highest BCUT2D eigenvalue weighted by atomic mass is 16.6. The first-order valence-electron chi connectivity index (χ1n) is 7.58. The van der Waals surface area contributed by atoms with Crippen molar-refractivity contribution in [2.75, 3.05) is 26.2 Å². The molecule has 0 bridgehead atoms. The van der Waals surface area contributed by atoms with Gasteiger partial charge in [0.1, 0.15) is 11.2 Å². The lowest BCUT2D eigenvalue weighted by molar-refractivity contribution is 0.0520. The molecule has 132 valence electrons. The van der Waals surface area contributed by atoms with Crippen LogP contribution in [-0.2, 0) is 9.47 Å². The number of hydrogen-bond donors (Lipinski definition) is 2. The van der Waals surface area contributed by atoms with E-state index in [0.29, 0.717) is 26.2 Å². The fraction of sp³-hybridized carbons (Fsp3) is 0.750. The van der Waals surface area contributed by atoms with Crippen LogP contribution in [0.3, 0.4) is 0 Å². The summed E-state index contributed by atoms with van der Waals surface area (Å²) in [6, 6.07) is 2.50. The first-order chi connectivity index (χ1) is 10.4. The van der Waals surface area contributed by atoms with Crippen molar-refractivity contribution in [2.24, 2.45) is 0 Å². The number of rotatable bonds is 6. The molecule has 0 heterocycles. The van der Waals surface area contributed by atoms with E-state index >= 15 is 0 Å². The topological polar surface area (TPSA) is 79.9 Å². The van der Waals surface area contributed by atoms with E-state index in [1.807, 2.05) is 0 Å². The van der Waals surface area contributed by atoms with Crippen LogP contribution in [0.15, 0.2) is 0 Å². The third-order valence-corrected chi connectivity index (χ3v) is 2.28. The van der Waals surface area contributed by atoms with Crippen LogP contribution >= 0.6 is 0 Å². The summed E-state index contributed by atoms with van der Waals surface area (Å²) in [5, 5.41) is 5.25. The Morgan fingerprint density at radius 2 is 1.26 bits per heavy atom. The van der Waals surface area contributed by atoms with Crippen LogP contribution in [0.4, 0.5) is 9.59 Å². The molecule has 2 amide bonds. The minimum atomic E-state index is -0.535. The summed E-state index contributed by atoms with van der Waals surface area (Å²) in [5.74, 6) is 0. The Kier molecular flexibility index (Phi) is 8.30. The number of hydrogen-bond acceptors (Lipinski definition) is 5. The SMILES string of the molecule is C#CN(CCNC(=O)OC(C)(C)C)CCNC(=O)OC(C)(C)C. The van der Waals surface area contributed by atoms with Gasteiger partial charge in [0.25, 0.3) is 0 Å². The first kappa shape index (κ1) is 20.9. The summed E-state index contributed by atoms with van der Waals surface area (Å²) in [5.41, 5.74) is -1.07. The van der Waals surface area contributed by atoms with Crippen LogP contribution in [0.25, 0.3) is 0 Å². The number of ether oxygens (including phenoxy) is 2. The molecule has 2 N–H and O–H groups in total. The molecule has 0 aromatic carbocycles. The van der Waals surface area contributed by atoms with Gasteiger partial charge < -0.3 is 25.0 Å². The molecule has 0 radical (unpaired) electrons. The number of nitrogens with one attached hydrogen (secondary N) is 2. The maximum Gasteiger partial charge on any atom is 0.407 e. The maximum absolute atomic E-state index is 11.5. The van der Waals surface area contributed by atoms with E-state index in [9.17, 15) is 9.59 Å². The third kappa shape index (κ3) is 13.3. The summed E-state index contributed by atoms with van der Waals surface area (Å²) >= 11 is 0. The largest absolute Gasteiger partial charge is 0.444 e. The highest BCUT2D eigenvalue weighted by Crippen LogP contribution is 2.06. The summed E-state index contributed by atoms with van der Waals surface area (Å²) in [7, 11) is 0. The monoisotopic (exact) mass is 327 g/mol. The Balaban J connectivity index is 3.94. The summed E-state index contributed by atoms with van der Waals surface area (Å²) in [6.07, 6.45) is 4.43. The first-order valence-corrected chi connectivity index (χ1v) is 7.58. The lowest BCUT2D eigenvalue weighted by Crippen LogP contribution is -2.40. The number of nitrogens with zero attached hydrogens (tertiary/aromatic N) is 1. The van der Waals surface area contributed by atoms with E-state index in [0.717, 1.165) is 0 Å². The molecular formula is C16H29N3O4. The quantitative estimate of drug-likeness (QED) is 0.575. The van der Waals surface area contributed by atoms with Crippen molar-refractivity contribution in [1.82, 2.24) is 15.5 Å². The van der Waals surface area contributed by atoms with E-state index in [2.05, 4.69) is 16.7 Å². The van der Waals surface area contributed by atoms with Gasteiger partial charge in [-0.2, -0.15) is 0 Å². The molecule has 0 aromatic rings. The molecule has 0 spiro atoms. The van der Waals surface area contributed by atoms with E-state index in [4.69, 9.17) is 15.9 Å². The molecule has 0 saturated carbocycles.